The largest absolute Gasteiger partial charge is 0.468 e. The number of ether oxygens (including phenoxy) is 1. The van der Waals surface area contributed by atoms with Gasteiger partial charge in [0.05, 0.1) is 13.3 Å². The minimum atomic E-state index is -0.427. The van der Waals surface area contributed by atoms with Gasteiger partial charge >= 0.3 is 5.97 Å². The predicted molar refractivity (Wildman–Crippen MR) is 41.7 cm³/mol. The first-order chi connectivity index (χ1) is 5.65. The Labute approximate surface area is 70.5 Å². The maximum Gasteiger partial charge on any atom is 0.317 e. The van der Waals surface area contributed by atoms with Crippen LogP contribution < -0.4 is 0 Å². The third-order valence-corrected chi connectivity index (χ3v) is 1.56. The van der Waals surface area contributed by atoms with Gasteiger partial charge in [-0.25, -0.2) is 4.98 Å². The number of hydrogen-bond donors (Lipinski definition) is 0. The molecule has 0 aromatic carbocycles. The number of carbonyl (C=O) groups excluding carboxylic acids is 1. The van der Waals surface area contributed by atoms with Crippen molar-refractivity contribution in [1.29, 1.82) is 0 Å². The van der Waals surface area contributed by atoms with Crippen molar-refractivity contribution in [3.63, 3.8) is 0 Å². The molecule has 4 nitrogen and oxygen atoms in total. The SMILES string of the molecule is COC(=O)[C@@H](C)c1ncc(C)o1. The van der Waals surface area contributed by atoms with Gasteiger partial charge < -0.3 is 9.15 Å². The van der Waals surface area contributed by atoms with E-state index in [1.165, 1.54) is 7.11 Å². The van der Waals surface area contributed by atoms with Crippen LogP contribution in [0, 0.1) is 6.92 Å². The predicted octanol–water partition coefficient (Wildman–Crippen LogP) is 1.26. The summed E-state index contributed by atoms with van der Waals surface area (Å²) < 4.78 is 9.69. The number of nitrogens with zero attached hydrogens (tertiary/aromatic N) is 1. The first kappa shape index (κ1) is 8.77. The molecule has 0 saturated carbocycles. The topological polar surface area (TPSA) is 52.3 Å². The molecule has 1 atom stereocenters. The highest BCUT2D eigenvalue weighted by molar-refractivity contribution is 5.76. The lowest BCUT2D eigenvalue weighted by Crippen LogP contribution is -2.10. The number of hydrogen-bond acceptors (Lipinski definition) is 4. The number of aromatic nitrogens is 1. The number of rotatable bonds is 2. The lowest BCUT2D eigenvalue weighted by Gasteiger charge is -2.03. The van der Waals surface area contributed by atoms with Gasteiger partial charge in [0.1, 0.15) is 11.7 Å². The molecule has 0 aliphatic heterocycles. The molecule has 0 fully saturated rings. The highest BCUT2D eigenvalue weighted by Gasteiger charge is 2.20. The fourth-order valence-corrected chi connectivity index (χ4v) is 0.850. The Bertz CT molecular complexity index is 280. The van der Waals surface area contributed by atoms with Crippen LogP contribution >= 0.6 is 0 Å². The first-order valence-corrected chi connectivity index (χ1v) is 3.65. The van der Waals surface area contributed by atoms with Gasteiger partial charge in [-0.05, 0) is 13.8 Å². The Morgan fingerprint density at radius 2 is 2.42 bits per heavy atom. The lowest BCUT2D eigenvalue weighted by molar-refractivity contribution is -0.142. The highest BCUT2D eigenvalue weighted by Crippen LogP contribution is 2.15. The molecule has 1 aromatic rings. The molecule has 4 heteroatoms. The Morgan fingerprint density at radius 3 is 2.83 bits per heavy atom. The van der Waals surface area contributed by atoms with E-state index in [4.69, 9.17) is 4.42 Å². The van der Waals surface area contributed by atoms with E-state index in [2.05, 4.69) is 9.72 Å². The molecule has 12 heavy (non-hydrogen) atoms. The van der Waals surface area contributed by atoms with Gasteiger partial charge in [-0.1, -0.05) is 0 Å². The van der Waals surface area contributed by atoms with Crippen molar-refractivity contribution in [3.8, 4) is 0 Å². The molecule has 0 unspecified atom stereocenters. The minimum absolute atomic E-state index is 0.336. The van der Waals surface area contributed by atoms with Gasteiger partial charge in [0.25, 0.3) is 0 Å². The number of esters is 1. The van der Waals surface area contributed by atoms with Crippen molar-refractivity contribution in [2.75, 3.05) is 7.11 Å². The number of aryl methyl sites for hydroxylation is 1. The molecule has 0 saturated heterocycles. The van der Waals surface area contributed by atoms with Gasteiger partial charge in [-0.3, -0.25) is 4.79 Å². The quantitative estimate of drug-likeness (QED) is 0.625. The molecule has 1 rings (SSSR count). The van der Waals surface area contributed by atoms with Crippen molar-refractivity contribution in [2.45, 2.75) is 19.8 Å². The molecular weight excluding hydrogens is 158 g/mol. The zero-order valence-corrected chi connectivity index (χ0v) is 7.33. The molecule has 0 aliphatic rings. The third-order valence-electron chi connectivity index (χ3n) is 1.56. The van der Waals surface area contributed by atoms with Crippen LogP contribution in [0.1, 0.15) is 24.5 Å². The molecule has 66 valence electrons. The second-order valence-electron chi connectivity index (χ2n) is 2.55. The average Bonchev–Trinajstić information content (AvgIpc) is 2.49. The van der Waals surface area contributed by atoms with Gasteiger partial charge in [0.15, 0.2) is 0 Å². The van der Waals surface area contributed by atoms with Crippen LogP contribution in [0.2, 0.25) is 0 Å². The van der Waals surface area contributed by atoms with Crippen molar-refractivity contribution < 1.29 is 13.9 Å². The monoisotopic (exact) mass is 169 g/mol. The molecule has 0 N–H and O–H groups in total. The number of methoxy groups -OCH3 is 1. The van der Waals surface area contributed by atoms with Crippen molar-refractivity contribution in [2.24, 2.45) is 0 Å². The molecule has 0 bridgehead atoms. The van der Waals surface area contributed by atoms with E-state index in [0.29, 0.717) is 11.7 Å². The fraction of sp³-hybridized carbons (Fsp3) is 0.500. The minimum Gasteiger partial charge on any atom is -0.468 e. The van der Waals surface area contributed by atoms with Gasteiger partial charge in [-0.15, -0.1) is 0 Å². The summed E-state index contributed by atoms with van der Waals surface area (Å²) in [5.41, 5.74) is 0. The molecule has 0 radical (unpaired) electrons. The zero-order valence-electron chi connectivity index (χ0n) is 7.33. The summed E-state index contributed by atoms with van der Waals surface area (Å²) in [6.07, 6.45) is 1.58. The Hall–Kier alpha value is -1.32. The van der Waals surface area contributed by atoms with Crippen molar-refractivity contribution >= 4 is 5.97 Å². The number of oxazole rings is 1. The van der Waals surface area contributed by atoms with Gasteiger partial charge in [0, 0.05) is 0 Å². The van der Waals surface area contributed by atoms with Crippen LogP contribution in [-0.2, 0) is 9.53 Å². The maximum absolute atomic E-state index is 11.0. The molecule has 1 heterocycles. The van der Waals surface area contributed by atoms with E-state index in [-0.39, 0.29) is 5.97 Å². The van der Waals surface area contributed by atoms with Crippen molar-refractivity contribution in [1.82, 2.24) is 4.98 Å². The van der Waals surface area contributed by atoms with Gasteiger partial charge in [0.2, 0.25) is 5.89 Å². The van der Waals surface area contributed by atoms with E-state index in [0.717, 1.165) is 0 Å². The second kappa shape index (κ2) is 3.38. The normalized spacial score (nSPS) is 12.6. The van der Waals surface area contributed by atoms with Crippen LogP contribution in [0.4, 0.5) is 0 Å². The summed E-state index contributed by atoms with van der Waals surface area (Å²) in [4.78, 5) is 14.9. The van der Waals surface area contributed by atoms with Crippen LogP contribution in [0.5, 0.6) is 0 Å². The van der Waals surface area contributed by atoms with Crippen LogP contribution in [0.3, 0.4) is 0 Å². The standard InChI is InChI=1S/C8H11NO3/c1-5-4-9-7(12-5)6(2)8(10)11-3/h4,6H,1-3H3/t6-/m0/s1. The highest BCUT2D eigenvalue weighted by atomic mass is 16.5. The Morgan fingerprint density at radius 1 is 1.75 bits per heavy atom. The summed E-state index contributed by atoms with van der Waals surface area (Å²) in [5, 5.41) is 0. The van der Waals surface area contributed by atoms with Crippen molar-refractivity contribution in [3.05, 3.63) is 17.8 Å². The summed E-state index contributed by atoms with van der Waals surface area (Å²) >= 11 is 0. The molecule has 1 aromatic heterocycles. The smallest absolute Gasteiger partial charge is 0.317 e. The van der Waals surface area contributed by atoms with Crippen LogP contribution in [-0.4, -0.2) is 18.1 Å². The second-order valence-corrected chi connectivity index (χ2v) is 2.55. The van der Waals surface area contributed by atoms with E-state index < -0.39 is 5.92 Å². The van der Waals surface area contributed by atoms with Crippen LogP contribution in [0.25, 0.3) is 0 Å². The maximum atomic E-state index is 11.0. The van der Waals surface area contributed by atoms with E-state index in [1.807, 2.05) is 0 Å². The van der Waals surface area contributed by atoms with Gasteiger partial charge in [-0.2, -0.15) is 0 Å². The lowest BCUT2D eigenvalue weighted by atomic mass is 10.2. The molecule has 0 amide bonds. The zero-order chi connectivity index (χ0) is 9.14. The Kier molecular flexibility index (Phi) is 2.47. The third kappa shape index (κ3) is 1.64. The van der Waals surface area contributed by atoms with E-state index >= 15 is 0 Å². The van der Waals surface area contributed by atoms with E-state index in [1.54, 1.807) is 20.0 Å². The van der Waals surface area contributed by atoms with Crippen LogP contribution in [0.15, 0.2) is 10.6 Å². The average molecular weight is 169 g/mol. The summed E-state index contributed by atoms with van der Waals surface area (Å²) in [6.45, 7) is 3.47. The van der Waals surface area contributed by atoms with E-state index in [9.17, 15) is 4.79 Å². The summed E-state index contributed by atoms with van der Waals surface area (Å²) in [6, 6.07) is 0. The fourth-order valence-electron chi connectivity index (χ4n) is 0.850. The summed E-state index contributed by atoms with van der Waals surface area (Å²) in [5.74, 6) is 0.334. The molecule has 0 spiro atoms. The Balaban J connectivity index is 2.77. The molecular formula is C8H11NO3. The number of carbonyl (C=O) groups is 1. The molecule has 0 aliphatic carbocycles. The summed E-state index contributed by atoms with van der Waals surface area (Å²) in [7, 11) is 1.34. The first-order valence-electron chi connectivity index (χ1n) is 3.65.